The van der Waals surface area contributed by atoms with Crippen LogP contribution in [0.4, 0.5) is 0 Å². The first-order valence-corrected chi connectivity index (χ1v) is 10.2. The fraction of sp³-hybridized carbons (Fsp3) is 0.737. The molecule has 0 spiro atoms. The van der Waals surface area contributed by atoms with Crippen LogP contribution in [0.1, 0.15) is 49.1 Å². The van der Waals surface area contributed by atoms with E-state index in [1.807, 2.05) is 10.4 Å². The number of aromatic nitrogens is 1. The number of likely N-dealkylation sites (tertiary alicyclic amines) is 1. The number of rotatable bonds is 5. The van der Waals surface area contributed by atoms with Gasteiger partial charge in [0.05, 0.1) is 17.3 Å². The number of carbonyl (C=O) groups is 1. The average Bonchev–Trinajstić information content (AvgIpc) is 3.24. The maximum Gasteiger partial charge on any atom is 0.243 e. The zero-order valence-electron chi connectivity index (χ0n) is 15.3. The van der Waals surface area contributed by atoms with E-state index in [4.69, 9.17) is 0 Å². The summed E-state index contributed by atoms with van der Waals surface area (Å²) >= 11 is 1.71. The summed E-state index contributed by atoms with van der Waals surface area (Å²) in [4.78, 5) is 22.9. The van der Waals surface area contributed by atoms with Gasteiger partial charge in [0.1, 0.15) is 5.41 Å². The zero-order chi connectivity index (χ0) is 17.9. The Labute approximate surface area is 154 Å². The molecule has 2 fully saturated rings. The Bertz CT molecular complexity index is 644. The fourth-order valence-corrected chi connectivity index (χ4v) is 5.08. The number of aryl methyl sites for hydroxylation is 1. The van der Waals surface area contributed by atoms with E-state index in [-0.39, 0.29) is 5.91 Å². The predicted octanol–water partition coefficient (Wildman–Crippen LogP) is 3.21. The van der Waals surface area contributed by atoms with Crippen LogP contribution in [-0.2, 0) is 11.3 Å². The van der Waals surface area contributed by atoms with Gasteiger partial charge in [-0.25, -0.2) is 4.98 Å². The number of nitrogens with zero attached hydrogens (tertiary/aromatic N) is 4. The first-order chi connectivity index (χ1) is 12.0. The topological polar surface area (TPSA) is 60.2 Å². The first-order valence-electron chi connectivity index (χ1n) is 9.32. The molecule has 1 aliphatic carbocycles. The highest BCUT2D eigenvalue weighted by atomic mass is 32.1. The van der Waals surface area contributed by atoms with Crippen molar-refractivity contribution in [2.45, 2.75) is 52.0 Å². The molecule has 25 heavy (non-hydrogen) atoms. The van der Waals surface area contributed by atoms with Crippen LogP contribution in [0.2, 0.25) is 0 Å². The van der Waals surface area contributed by atoms with E-state index in [2.05, 4.69) is 29.9 Å². The lowest BCUT2D eigenvalue weighted by Crippen LogP contribution is -2.43. The van der Waals surface area contributed by atoms with Crippen molar-refractivity contribution in [1.29, 1.82) is 5.26 Å². The SMILES string of the molecule is Cc1ncsc1CN(C)C[C@@H]1CCN(C(=O)C2(C#N)CCCCC2)C1. The fourth-order valence-electron chi connectivity index (χ4n) is 4.23. The Morgan fingerprint density at radius 2 is 2.24 bits per heavy atom. The van der Waals surface area contributed by atoms with Crippen molar-refractivity contribution in [3.63, 3.8) is 0 Å². The van der Waals surface area contributed by atoms with Crippen LogP contribution in [0.3, 0.4) is 0 Å². The lowest BCUT2D eigenvalue weighted by molar-refractivity contribution is -0.139. The van der Waals surface area contributed by atoms with E-state index >= 15 is 0 Å². The smallest absolute Gasteiger partial charge is 0.243 e. The molecule has 1 aliphatic heterocycles. The predicted molar refractivity (Wildman–Crippen MR) is 99.0 cm³/mol. The van der Waals surface area contributed by atoms with Crippen molar-refractivity contribution in [3.05, 3.63) is 16.1 Å². The summed E-state index contributed by atoms with van der Waals surface area (Å²) < 4.78 is 0. The lowest BCUT2D eigenvalue weighted by atomic mass is 9.74. The summed E-state index contributed by atoms with van der Waals surface area (Å²) in [5.41, 5.74) is 2.28. The van der Waals surface area contributed by atoms with Gasteiger partial charge < -0.3 is 9.80 Å². The standard InChI is InChI=1S/C19H28N4OS/c1-15-17(25-14-21-15)12-22(2)10-16-6-9-23(11-16)18(24)19(13-20)7-4-3-5-8-19/h14,16H,3-12H2,1-2H3/t16-/m0/s1. The van der Waals surface area contributed by atoms with E-state index in [0.29, 0.717) is 5.92 Å². The van der Waals surface area contributed by atoms with Crippen LogP contribution in [0.15, 0.2) is 5.51 Å². The molecule has 1 saturated heterocycles. The zero-order valence-corrected chi connectivity index (χ0v) is 16.1. The summed E-state index contributed by atoms with van der Waals surface area (Å²) in [6, 6.07) is 2.38. The van der Waals surface area contributed by atoms with Crippen molar-refractivity contribution in [2.75, 3.05) is 26.7 Å². The molecule has 3 rings (SSSR count). The second kappa shape index (κ2) is 7.84. The third kappa shape index (κ3) is 4.04. The summed E-state index contributed by atoms with van der Waals surface area (Å²) in [6.45, 7) is 5.57. The Morgan fingerprint density at radius 1 is 1.48 bits per heavy atom. The molecule has 0 bridgehead atoms. The molecule has 1 aromatic heterocycles. The monoisotopic (exact) mass is 360 g/mol. The largest absolute Gasteiger partial charge is 0.341 e. The second-order valence-corrected chi connectivity index (χ2v) is 8.66. The van der Waals surface area contributed by atoms with Gasteiger partial charge in [-0.15, -0.1) is 11.3 Å². The van der Waals surface area contributed by atoms with E-state index in [0.717, 1.165) is 70.4 Å². The van der Waals surface area contributed by atoms with Crippen LogP contribution >= 0.6 is 11.3 Å². The number of amides is 1. The lowest BCUT2D eigenvalue weighted by Gasteiger charge is -2.33. The normalized spacial score (nSPS) is 23.0. The molecular formula is C19H28N4OS. The molecule has 136 valence electrons. The van der Waals surface area contributed by atoms with Crippen LogP contribution in [0.25, 0.3) is 0 Å². The van der Waals surface area contributed by atoms with Gasteiger partial charge >= 0.3 is 0 Å². The molecule has 0 N–H and O–H groups in total. The summed E-state index contributed by atoms with van der Waals surface area (Å²) in [5, 5.41) is 9.64. The molecule has 0 radical (unpaired) electrons. The minimum atomic E-state index is -0.737. The van der Waals surface area contributed by atoms with Gasteiger partial charge in [0.15, 0.2) is 0 Å². The van der Waals surface area contributed by atoms with Crippen molar-refractivity contribution in [1.82, 2.24) is 14.8 Å². The molecule has 0 unspecified atom stereocenters. The second-order valence-electron chi connectivity index (χ2n) is 7.72. The molecule has 6 heteroatoms. The van der Waals surface area contributed by atoms with Gasteiger partial charge in [-0.3, -0.25) is 4.79 Å². The summed E-state index contributed by atoms with van der Waals surface area (Å²) in [6.07, 6.45) is 5.70. The highest BCUT2D eigenvalue weighted by Crippen LogP contribution is 2.38. The maximum atomic E-state index is 13.0. The molecule has 5 nitrogen and oxygen atoms in total. The van der Waals surface area contributed by atoms with Gasteiger partial charge in [0, 0.05) is 31.1 Å². The van der Waals surface area contributed by atoms with Crippen molar-refractivity contribution >= 4 is 17.2 Å². The molecule has 1 aromatic rings. The van der Waals surface area contributed by atoms with Gasteiger partial charge in [0.25, 0.3) is 0 Å². The minimum absolute atomic E-state index is 0.0955. The Hall–Kier alpha value is -1.45. The first kappa shape index (κ1) is 18.3. The Balaban J connectivity index is 1.53. The summed E-state index contributed by atoms with van der Waals surface area (Å²) in [5.74, 6) is 0.597. The number of thiazole rings is 1. The third-order valence-corrected chi connectivity index (χ3v) is 6.65. The van der Waals surface area contributed by atoms with Gasteiger partial charge in [-0.05, 0) is 39.2 Å². The third-order valence-electron chi connectivity index (χ3n) is 5.73. The van der Waals surface area contributed by atoms with Gasteiger partial charge in [-0.2, -0.15) is 5.26 Å². The van der Waals surface area contributed by atoms with E-state index < -0.39 is 5.41 Å². The highest BCUT2D eigenvalue weighted by Gasteiger charge is 2.44. The quantitative estimate of drug-likeness (QED) is 0.809. The molecule has 2 heterocycles. The van der Waals surface area contributed by atoms with Gasteiger partial charge in [0.2, 0.25) is 5.91 Å². The molecule has 1 amide bonds. The van der Waals surface area contributed by atoms with Crippen molar-refractivity contribution in [3.8, 4) is 6.07 Å². The molecule has 1 saturated carbocycles. The van der Waals surface area contributed by atoms with Crippen molar-refractivity contribution in [2.24, 2.45) is 11.3 Å². The van der Waals surface area contributed by atoms with Crippen molar-refractivity contribution < 1.29 is 4.79 Å². The maximum absolute atomic E-state index is 13.0. The van der Waals surface area contributed by atoms with Crippen LogP contribution < -0.4 is 0 Å². The number of hydrogen-bond acceptors (Lipinski definition) is 5. The number of carbonyl (C=O) groups excluding carboxylic acids is 1. The summed E-state index contributed by atoms with van der Waals surface area (Å²) in [7, 11) is 2.14. The van der Waals surface area contributed by atoms with Crippen LogP contribution in [0.5, 0.6) is 0 Å². The molecule has 0 aromatic carbocycles. The van der Waals surface area contributed by atoms with E-state index in [1.165, 1.54) is 4.88 Å². The van der Waals surface area contributed by atoms with Gasteiger partial charge in [-0.1, -0.05) is 19.3 Å². The van der Waals surface area contributed by atoms with Crippen LogP contribution in [0, 0.1) is 29.6 Å². The van der Waals surface area contributed by atoms with Crippen LogP contribution in [-0.4, -0.2) is 47.4 Å². The molecule has 2 aliphatic rings. The highest BCUT2D eigenvalue weighted by molar-refractivity contribution is 7.09. The number of hydrogen-bond donors (Lipinski definition) is 0. The van der Waals surface area contributed by atoms with E-state index in [1.54, 1.807) is 11.3 Å². The molecular weight excluding hydrogens is 332 g/mol. The van der Waals surface area contributed by atoms with E-state index in [9.17, 15) is 10.1 Å². The molecule has 1 atom stereocenters. The minimum Gasteiger partial charge on any atom is -0.341 e. The number of nitriles is 1. The Morgan fingerprint density at radius 3 is 2.88 bits per heavy atom. The Kier molecular flexibility index (Phi) is 5.75. The average molecular weight is 361 g/mol.